The van der Waals surface area contributed by atoms with E-state index in [4.69, 9.17) is 0 Å². The minimum atomic E-state index is -0.633. The number of benzene rings is 1. The first kappa shape index (κ1) is 10.5. The van der Waals surface area contributed by atoms with Crippen LogP contribution in [0.1, 0.15) is 29.7 Å². The van der Waals surface area contributed by atoms with Gasteiger partial charge in [-0.25, -0.2) is 0 Å². The summed E-state index contributed by atoms with van der Waals surface area (Å²) < 4.78 is 0.868. The Balaban J connectivity index is 3.44. The Kier molecular flexibility index (Phi) is 2.98. The SMILES string of the molecule is Cc1cc(Br)c(C)c(O)c1C(C)O. The lowest BCUT2D eigenvalue weighted by Gasteiger charge is -2.14. The molecule has 1 rings (SSSR count). The van der Waals surface area contributed by atoms with Crippen LogP contribution in [0, 0.1) is 13.8 Å². The molecule has 72 valence electrons. The molecule has 0 aliphatic carbocycles. The maximum Gasteiger partial charge on any atom is 0.125 e. The van der Waals surface area contributed by atoms with Gasteiger partial charge in [-0.15, -0.1) is 0 Å². The lowest BCUT2D eigenvalue weighted by molar-refractivity contribution is 0.194. The van der Waals surface area contributed by atoms with Gasteiger partial charge in [0.05, 0.1) is 6.10 Å². The average molecular weight is 245 g/mol. The number of phenolic OH excluding ortho intramolecular Hbond substituents is 1. The second-order valence-electron chi connectivity index (χ2n) is 3.24. The molecule has 1 aromatic rings. The van der Waals surface area contributed by atoms with Crippen molar-refractivity contribution in [3.8, 4) is 5.75 Å². The first-order chi connectivity index (χ1) is 5.95. The van der Waals surface area contributed by atoms with E-state index in [1.54, 1.807) is 6.92 Å². The molecule has 2 N–H and O–H groups in total. The van der Waals surface area contributed by atoms with Gasteiger partial charge in [-0.05, 0) is 32.4 Å². The van der Waals surface area contributed by atoms with Gasteiger partial charge in [-0.2, -0.15) is 0 Å². The molecule has 1 atom stereocenters. The predicted octanol–water partition coefficient (Wildman–Crippen LogP) is 2.82. The molecule has 1 unspecified atom stereocenters. The molecule has 0 saturated carbocycles. The van der Waals surface area contributed by atoms with Crippen LogP contribution < -0.4 is 0 Å². The number of rotatable bonds is 1. The summed E-state index contributed by atoms with van der Waals surface area (Å²) in [6.45, 7) is 5.33. The number of aliphatic hydroxyl groups is 1. The number of aromatic hydroxyl groups is 1. The van der Waals surface area contributed by atoms with E-state index >= 15 is 0 Å². The highest BCUT2D eigenvalue weighted by Crippen LogP contribution is 2.35. The standard InChI is InChI=1S/C10H13BrO2/c1-5-4-8(11)6(2)10(13)9(5)7(3)12/h4,7,12-13H,1-3H3. The van der Waals surface area contributed by atoms with Crippen LogP contribution in [0.4, 0.5) is 0 Å². The molecule has 13 heavy (non-hydrogen) atoms. The second-order valence-corrected chi connectivity index (χ2v) is 4.09. The third-order valence-corrected chi connectivity index (χ3v) is 2.98. The highest BCUT2D eigenvalue weighted by atomic mass is 79.9. The van der Waals surface area contributed by atoms with Crippen molar-refractivity contribution in [3.63, 3.8) is 0 Å². The van der Waals surface area contributed by atoms with E-state index in [0.717, 1.165) is 15.6 Å². The lowest BCUT2D eigenvalue weighted by atomic mass is 10.00. The number of hydrogen-bond donors (Lipinski definition) is 2. The van der Waals surface area contributed by atoms with Gasteiger partial charge < -0.3 is 10.2 Å². The summed E-state index contributed by atoms with van der Waals surface area (Å²) in [5, 5.41) is 19.2. The summed E-state index contributed by atoms with van der Waals surface area (Å²) in [5.74, 6) is 0.182. The second kappa shape index (κ2) is 3.68. The fourth-order valence-corrected chi connectivity index (χ4v) is 1.94. The van der Waals surface area contributed by atoms with Gasteiger partial charge >= 0.3 is 0 Å². The van der Waals surface area contributed by atoms with E-state index in [2.05, 4.69) is 15.9 Å². The fraction of sp³-hybridized carbons (Fsp3) is 0.400. The zero-order valence-electron chi connectivity index (χ0n) is 7.93. The zero-order chi connectivity index (χ0) is 10.2. The molecule has 0 saturated heterocycles. The molecule has 3 heteroatoms. The maximum absolute atomic E-state index is 9.74. The van der Waals surface area contributed by atoms with Gasteiger partial charge in [0.1, 0.15) is 5.75 Å². The Labute approximate surface area is 86.3 Å². The van der Waals surface area contributed by atoms with Gasteiger partial charge in [0, 0.05) is 15.6 Å². The van der Waals surface area contributed by atoms with E-state index in [1.165, 1.54) is 0 Å². The molecular weight excluding hydrogens is 232 g/mol. The number of aryl methyl sites for hydroxylation is 1. The zero-order valence-corrected chi connectivity index (χ0v) is 9.51. The van der Waals surface area contributed by atoms with Crippen LogP contribution >= 0.6 is 15.9 Å². The number of halogens is 1. The predicted molar refractivity (Wildman–Crippen MR) is 55.9 cm³/mol. The summed E-state index contributed by atoms with van der Waals surface area (Å²) in [7, 11) is 0. The maximum atomic E-state index is 9.74. The topological polar surface area (TPSA) is 40.5 Å². The summed E-state index contributed by atoms with van der Waals surface area (Å²) in [6, 6.07) is 1.90. The molecule has 0 radical (unpaired) electrons. The van der Waals surface area contributed by atoms with E-state index in [0.29, 0.717) is 5.56 Å². The smallest absolute Gasteiger partial charge is 0.125 e. The number of aliphatic hydroxyl groups excluding tert-OH is 1. The molecule has 0 fully saturated rings. The Hall–Kier alpha value is -0.540. The monoisotopic (exact) mass is 244 g/mol. The molecule has 0 amide bonds. The molecule has 0 aromatic heterocycles. The summed E-state index contributed by atoms with van der Waals surface area (Å²) >= 11 is 3.34. The van der Waals surface area contributed by atoms with Crippen LogP contribution in [-0.2, 0) is 0 Å². The Bertz CT molecular complexity index is 332. The summed E-state index contributed by atoms with van der Waals surface area (Å²) in [5.41, 5.74) is 2.27. The van der Waals surface area contributed by atoms with Crippen LogP contribution in [0.5, 0.6) is 5.75 Å². The quantitative estimate of drug-likeness (QED) is 0.798. The average Bonchev–Trinajstić information content (AvgIpc) is 1.99. The first-order valence-electron chi connectivity index (χ1n) is 4.11. The van der Waals surface area contributed by atoms with E-state index in [1.807, 2.05) is 19.9 Å². The summed E-state index contributed by atoms with van der Waals surface area (Å²) in [4.78, 5) is 0. The van der Waals surface area contributed by atoms with Crippen molar-refractivity contribution in [2.45, 2.75) is 26.9 Å². The molecule has 2 nitrogen and oxygen atoms in total. The highest BCUT2D eigenvalue weighted by molar-refractivity contribution is 9.10. The highest BCUT2D eigenvalue weighted by Gasteiger charge is 2.14. The van der Waals surface area contributed by atoms with Gasteiger partial charge in [0.15, 0.2) is 0 Å². The third-order valence-electron chi connectivity index (χ3n) is 2.15. The van der Waals surface area contributed by atoms with Crippen molar-refractivity contribution >= 4 is 15.9 Å². The number of phenols is 1. The van der Waals surface area contributed by atoms with E-state index in [9.17, 15) is 10.2 Å². The van der Waals surface area contributed by atoms with Crippen molar-refractivity contribution in [1.29, 1.82) is 0 Å². The van der Waals surface area contributed by atoms with E-state index in [-0.39, 0.29) is 5.75 Å². The van der Waals surface area contributed by atoms with Gasteiger partial charge in [-0.3, -0.25) is 0 Å². The van der Waals surface area contributed by atoms with Crippen LogP contribution in [-0.4, -0.2) is 10.2 Å². The first-order valence-corrected chi connectivity index (χ1v) is 4.91. The van der Waals surface area contributed by atoms with Crippen LogP contribution in [0.15, 0.2) is 10.5 Å². The van der Waals surface area contributed by atoms with Crippen LogP contribution in [0.3, 0.4) is 0 Å². The molecule has 0 bridgehead atoms. The summed E-state index contributed by atoms with van der Waals surface area (Å²) in [6.07, 6.45) is -0.633. The molecule has 0 heterocycles. The Morgan fingerprint density at radius 3 is 2.38 bits per heavy atom. The van der Waals surface area contributed by atoms with Crippen molar-refractivity contribution in [3.05, 3.63) is 27.2 Å². The Morgan fingerprint density at radius 1 is 1.38 bits per heavy atom. The van der Waals surface area contributed by atoms with Crippen molar-refractivity contribution < 1.29 is 10.2 Å². The largest absolute Gasteiger partial charge is 0.507 e. The van der Waals surface area contributed by atoms with Gasteiger partial charge in [0.2, 0.25) is 0 Å². The number of hydrogen-bond acceptors (Lipinski definition) is 2. The van der Waals surface area contributed by atoms with Crippen molar-refractivity contribution in [2.24, 2.45) is 0 Å². The minimum absolute atomic E-state index is 0.182. The van der Waals surface area contributed by atoms with Gasteiger partial charge in [-0.1, -0.05) is 15.9 Å². The third kappa shape index (κ3) is 1.86. The van der Waals surface area contributed by atoms with Crippen molar-refractivity contribution in [2.75, 3.05) is 0 Å². The van der Waals surface area contributed by atoms with Crippen LogP contribution in [0.25, 0.3) is 0 Å². The molecule has 1 aromatic carbocycles. The van der Waals surface area contributed by atoms with E-state index < -0.39 is 6.10 Å². The van der Waals surface area contributed by atoms with Crippen LogP contribution in [0.2, 0.25) is 0 Å². The minimum Gasteiger partial charge on any atom is -0.507 e. The normalized spacial score (nSPS) is 13.0. The van der Waals surface area contributed by atoms with Gasteiger partial charge in [0.25, 0.3) is 0 Å². The fourth-order valence-electron chi connectivity index (χ4n) is 1.41. The molecule has 0 aliphatic heterocycles. The van der Waals surface area contributed by atoms with Crippen molar-refractivity contribution in [1.82, 2.24) is 0 Å². The molecule has 0 aliphatic rings. The molecular formula is C10H13BrO2. The molecule has 0 spiro atoms. The Morgan fingerprint density at radius 2 is 1.92 bits per heavy atom. The lowest BCUT2D eigenvalue weighted by Crippen LogP contribution is -1.97.